The first-order valence-corrected chi connectivity index (χ1v) is 11.5. The predicted octanol–water partition coefficient (Wildman–Crippen LogP) is 3.96. The van der Waals surface area contributed by atoms with Crippen molar-refractivity contribution in [3.63, 3.8) is 0 Å². The maximum atomic E-state index is 12.2. The molecule has 3 aromatic rings. The van der Waals surface area contributed by atoms with Crippen molar-refractivity contribution in [2.24, 2.45) is 0 Å². The molecule has 0 bridgehead atoms. The van der Waals surface area contributed by atoms with Crippen LogP contribution in [0.3, 0.4) is 0 Å². The van der Waals surface area contributed by atoms with Crippen molar-refractivity contribution in [1.29, 1.82) is 0 Å². The summed E-state index contributed by atoms with van der Waals surface area (Å²) < 4.78 is 34.8. The second kappa shape index (κ2) is 9.56. The summed E-state index contributed by atoms with van der Waals surface area (Å²) in [6, 6.07) is 13.0. The Morgan fingerprint density at radius 2 is 1.93 bits per heavy atom. The lowest BCUT2D eigenvalue weighted by Crippen LogP contribution is -2.24. The Balaban J connectivity index is 1.46. The van der Waals surface area contributed by atoms with Crippen molar-refractivity contribution in [2.75, 3.05) is 13.7 Å². The van der Waals surface area contributed by atoms with Crippen LogP contribution in [0.5, 0.6) is 5.75 Å². The molecule has 0 fully saturated rings. The molecule has 1 aromatic carbocycles. The van der Waals surface area contributed by atoms with Gasteiger partial charge in [-0.25, -0.2) is 13.1 Å². The number of ether oxygens (including phenoxy) is 1. The smallest absolute Gasteiger partial charge is 0.250 e. The lowest BCUT2D eigenvalue weighted by Gasteiger charge is -2.09. The highest BCUT2D eigenvalue weighted by molar-refractivity contribution is 7.91. The van der Waals surface area contributed by atoms with Gasteiger partial charge in [0.1, 0.15) is 9.96 Å². The van der Waals surface area contributed by atoms with E-state index < -0.39 is 10.0 Å². The SMILES string of the molecule is COc1ccc(Cn2nccc2CCCCNS(=O)(=O)c2ccc(Cl)s2)cc1. The van der Waals surface area contributed by atoms with E-state index in [0.717, 1.165) is 47.6 Å². The van der Waals surface area contributed by atoms with E-state index in [0.29, 0.717) is 17.4 Å². The molecule has 0 atom stereocenters. The lowest BCUT2D eigenvalue weighted by atomic mass is 10.2. The Morgan fingerprint density at radius 3 is 2.61 bits per heavy atom. The molecule has 0 aliphatic heterocycles. The molecule has 0 radical (unpaired) electrons. The van der Waals surface area contributed by atoms with Gasteiger partial charge in [0.25, 0.3) is 0 Å². The number of hydrogen-bond donors (Lipinski definition) is 1. The molecular formula is C19H22ClN3O3S2. The monoisotopic (exact) mass is 439 g/mol. The molecule has 28 heavy (non-hydrogen) atoms. The van der Waals surface area contributed by atoms with Gasteiger partial charge in [0.05, 0.1) is 18.0 Å². The van der Waals surface area contributed by atoms with Crippen molar-refractivity contribution in [3.8, 4) is 5.75 Å². The first kappa shape index (κ1) is 20.9. The highest BCUT2D eigenvalue weighted by atomic mass is 35.5. The van der Waals surface area contributed by atoms with Crippen molar-refractivity contribution < 1.29 is 13.2 Å². The fourth-order valence-electron chi connectivity index (χ4n) is 2.77. The van der Waals surface area contributed by atoms with E-state index in [4.69, 9.17) is 16.3 Å². The van der Waals surface area contributed by atoms with Gasteiger partial charge in [0.15, 0.2) is 0 Å². The molecular weight excluding hydrogens is 418 g/mol. The van der Waals surface area contributed by atoms with Crippen LogP contribution in [0, 0.1) is 0 Å². The maximum absolute atomic E-state index is 12.2. The summed E-state index contributed by atoms with van der Waals surface area (Å²) in [5.74, 6) is 0.830. The van der Waals surface area contributed by atoms with Crippen LogP contribution in [0.2, 0.25) is 4.34 Å². The minimum Gasteiger partial charge on any atom is -0.497 e. The average molecular weight is 440 g/mol. The number of rotatable bonds is 10. The van der Waals surface area contributed by atoms with Gasteiger partial charge in [-0.1, -0.05) is 23.7 Å². The van der Waals surface area contributed by atoms with Crippen LogP contribution in [-0.2, 0) is 23.0 Å². The van der Waals surface area contributed by atoms with Gasteiger partial charge in [-0.15, -0.1) is 11.3 Å². The van der Waals surface area contributed by atoms with Gasteiger partial charge in [-0.3, -0.25) is 4.68 Å². The van der Waals surface area contributed by atoms with Crippen LogP contribution >= 0.6 is 22.9 Å². The largest absolute Gasteiger partial charge is 0.497 e. The number of thiophene rings is 1. The molecule has 2 heterocycles. The van der Waals surface area contributed by atoms with Crippen molar-refractivity contribution >= 4 is 33.0 Å². The van der Waals surface area contributed by atoms with Gasteiger partial charge in [0.2, 0.25) is 10.0 Å². The molecule has 0 spiro atoms. The van der Waals surface area contributed by atoms with E-state index in [-0.39, 0.29) is 4.21 Å². The number of aryl methyl sites for hydroxylation is 1. The number of sulfonamides is 1. The molecule has 0 unspecified atom stereocenters. The zero-order valence-electron chi connectivity index (χ0n) is 15.5. The summed E-state index contributed by atoms with van der Waals surface area (Å²) in [5.41, 5.74) is 2.27. The number of nitrogens with one attached hydrogen (secondary N) is 1. The summed E-state index contributed by atoms with van der Waals surface area (Å²) in [7, 11) is -1.82. The van der Waals surface area contributed by atoms with Crippen LogP contribution in [0.25, 0.3) is 0 Å². The number of methoxy groups -OCH3 is 1. The van der Waals surface area contributed by atoms with E-state index in [9.17, 15) is 8.42 Å². The number of aromatic nitrogens is 2. The Bertz CT molecular complexity index is 998. The Labute approximate surface area is 174 Å². The van der Waals surface area contributed by atoms with E-state index in [1.54, 1.807) is 19.4 Å². The molecule has 6 nitrogen and oxygen atoms in total. The van der Waals surface area contributed by atoms with Crippen LogP contribution in [0.15, 0.2) is 52.9 Å². The first-order valence-electron chi connectivity index (χ1n) is 8.86. The normalized spacial score (nSPS) is 11.6. The number of unbranched alkanes of at least 4 members (excludes halogenated alkanes) is 1. The molecule has 0 amide bonds. The molecule has 0 saturated heterocycles. The number of hydrogen-bond acceptors (Lipinski definition) is 5. The average Bonchev–Trinajstić information content (AvgIpc) is 3.31. The lowest BCUT2D eigenvalue weighted by molar-refractivity contribution is 0.414. The molecule has 2 aromatic heterocycles. The van der Waals surface area contributed by atoms with Gasteiger partial charge < -0.3 is 4.74 Å². The molecule has 0 aliphatic rings. The van der Waals surface area contributed by atoms with Crippen molar-refractivity contribution in [3.05, 3.63) is 64.3 Å². The molecule has 9 heteroatoms. The summed E-state index contributed by atoms with van der Waals surface area (Å²) in [6.45, 7) is 1.09. The minimum absolute atomic E-state index is 0.245. The van der Waals surface area contributed by atoms with E-state index in [1.807, 2.05) is 35.0 Å². The fraction of sp³-hybridized carbons (Fsp3) is 0.316. The fourth-order valence-corrected chi connectivity index (χ4v) is 5.37. The van der Waals surface area contributed by atoms with E-state index in [2.05, 4.69) is 9.82 Å². The first-order chi connectivity index (χ1) is 13.5. The molecule has 3 rings (SSSR count). The van der Waals surface area contributed by atoms with Crippen LogP contribution in [0.1, 0.15) is 24.1 Å². The van der Waals surface area contributed by atoms with Gasteiger partial charge in [-0.2, -0.15) is 5.10 Å². The predicted molar refractivity (Wildman–Crippen MR) is 112 cm³/mol. The second-order valence-corrected chi connectivity index (χ2v) is 9.95. The van der Waals surface area contributed by atoms with Gasteiger partial charge >= 0.3 is 0 Å². The summed E-state index contributed by atoms with van der Waals surface area (Å²) in [5, 5.41) is 4.40. The second-order valence-electron chi connectivity index (χ2n) is 6.24. The molecule has 0 aliphatic carbocycles. The van der Waals surface area contributed by atoms with Crippen molar-refractivity contribution in [2.45, 2.75) is 30.0 Å². The van der Waals surface area contributed by atoms with E-state index in [1.165, 1.54) is 6.07 Å². The Morgan fingerprint density at radius 1 is 1.14 bits per heavy atom. The molecule has 1 N–H and O–H groups in total. The van der Waals surface area contributed by atoms with Crippen LogP contribution < -0.4 is 9.46 Å². The van der Waals surface area contributed by atoms with E-state index >= 15 is 0 Å². The zero-order chi connectivity index (χ0) is 20.0. The van der Waals surface area contributed by atoms with Gasteiger partial charge in [-0.05, 0) is 55.2 Å². The summed E-state index contributed by atoms with van der Waals surface area (Å²) in [6.07, 6.45) is 4.24. The maximum Gasteiger partial charge on any atom is 0.250 e. The topological polar surface area (TPSA) is 73.2 Å². The molecule has 150 valence electrons. The Hall–Kier alpha value is -1.87. The van der Waals surface area contributed by atoms with Gasteiger partial charge in [0, 0.05) is 18.4 Å². The zero-order valence-corrected chi connectivity index (χ0v) is 17.9. The van der Waals surface area contributed by atoms with Crippen LogP contribution in [0.4, 0.5) is 0 Å². The summed E-state index contributed by atoms with van der Waals surface area (Å²) in [4.78, 5) is 0. The third kappa shape index (κ3) is 5.57. The third-order valence-electron chi connectivity index (χ3n) is 4.26. The minimum atomic E-state index is -3.47. The highest BCUT2D eigenvalue weighted by Crippen LogP contribution is 2.25. The van der Waals surface area contributed by atoms with Crippen LogP contribution in [-0.4, -0.2) is 31.9 Å². The Kier molecular flexibility index (Phi) is 7.12. The summed E-state index contributed by atoms with van der Waals surface area (Å²) >= 11 is 6.86. The number of halogens is 1. The highest BCUT2D eigenvalue weighted by Gasteiger charge is 2.15. The molecule has 0 saturated carbocycles. The number of benzene rings is 1. The number of nitrogens with zero attached hydrogens (tertiary/aromatic N) is 2. The third-order valence-corrected chi connectivity index (χ3v) is 7.45. The van der Waals surface area contributed by atoms with Crippen molar-refractivity contribution in [1.82, 2.24) is 14.5 Å². The standard InChI is InChI=1S/C19H22ClN3O3S2/c1-26-17-7-5-15(6-8-17)14-23-16(11-13-21-23)4-2-3-12-22-28(24,25)19-10-9-18(20)27-19/h5-11,13,22H,2-4,12,14H2,1H3. The quantitative estimate of drug-likeness (QED) is 0.485.